The van der Waals surface area contributed by atoms with E-state index >= 15 is 0 Å². The van der Waals surface area contributed by atoms with Crippen LogP contribution in [-0.2, 0) is 14.3 Å². The molecule has 1 fully saturated rings. The Morgan fingerprint density at radius 3 is 2.62 bits per heavy atom. The first kappa shape index (κ1) is 13.2. The molecule has 0 bridgehead atoms. The van der Waals surface area contributed by atoms with Crippen molar-refractivity contribution < 1.29 is 14.3 Å². The Labute approximate surface area is 97.5 Å². The first-order valence-electron chi connectivity index (χ1n) is 6.31. The second-order valence-electron chi connectivity index (χ2n) is 4.69. The van der Waals surface area contributed by atoms with E-state index in [1.807, 2.05) is 0 Å². The lowest BCUT2D eigenvalue weighted by Crippen LogP contribution is -2.20. The third-order valence-corrected chi connectivity index (χ3v) is 3.51. The molecule has 1 unspecified atom stereocenters. The van der Waals surface area contributed by atoms with Gasteiger partial charge < -0.3 is 9.53 Å². The van der Waals surface area contributed by atoms with E-state index in [9.17, 15) is 9.59 Å². The highest BCUT2D eigenvalue weighted by Crippen LogP contribution is 2.33. The van der Waals surface area contributed by atoms with Gasteiger partial charge in [-0.05, 0) is 18.3 Å². The molecule has 0 heterocycles. The highest BCUT2D eigenvalue weighted by atomic mass is 16.5. The maximum Gasteiger partial charge on any atom is 0.302 e. The molecule has 1 atom stereocenters. The highest BCUT2D eigenvalue weighted by Gasteiger charge is 2.23. The Morgan fingerprint density at radius 1 is 1.38 bits per heavy atom. The number of aldehydes is 1. The molecule has 1 rings (SSSR count). The summed E-state index contributed by atoms with van der Waals surface area (Å²) >= 11 is 0. The average molecular weight is 226 g/mol. The van der Waals surface area contributed by atoms with Crippen LogP contribution in [0.4, 0.5) is 0 Å². The summed E-state index contributed by atoms with van der Waals surface area (Å²) in [4.78, 5) is 21.3. The molecule has 0 aromatic carbocycles. The van der Waals surface area contributed by atoms with Crippen LogP contribution in [0.2, 0.25) is 0 Å². The van der Waals surface area contributed by atoms with E-state index in [-0.39, 0.29) is 5.97 Å². The molecule has 0 saturated heterocycles. The third kappa shape index (κ3) is 4.77. The molecular weight excluding hydrogens is 204 g/mol. The van der Waals surface area contributed by atoms with Gasteiger partial charge in [-0.15, -0.1) is 0 Å². The Morgan fingerprint density at radius 2 is 2.06 bits per heavy atom. The van der Waals surface area contributed by atoms with Crippen molar-refractivity contribution in [1.29, 1.82) is 0 Å². The van der Waals surface area contributed by atoms with Crippen LogP contribution in [0.5, 0.6) is 0 Å². The standard InChI is InChI=1S/C13H22O3/c1-11(15)16-10-8-13(7-9-14)12-5-3-2-4-6-12/h9,12-13H,2-8,10H2,1H3. The summed E-state index contributed by atoms with van der Waals surface area (Å²) < 4.78 is 4.95. The lowest BCUT2D eigenvalue weighted by atomic mass is 9.77. The predicted octanol–water partition coefficient (Wildman–Crippen LogP) is 2.73. The SMILES string of the molecule is CC(=O)OCCC(CC=O)C1CCCCC1. The highest BCUT2D eigenvalue weighted by molar-refractivity contribution is 5.65. The fourth-order valence-electron chi connectivity index (χ4n) is 2.63. The second kappa shape index (κ2) is 7.42. The first-order chi connectivity index (χ1) is 7.74. The van der Waals surface area contributed by atoms with Crippen molar-refractivity contribution in [3.8, 4) is 0 Å². The molecule has 0 radical (unpaired) electrons. The van der Waals surface area contributed by atoms with Gasteiger partial charge >= 0.3 is 5.97 Å². The molecule has 16 heavy (non-hydrogen) atoms. The van der Waals surface area contributed by atoms with Gasteiger partial charge in [0.15, 0.2) is 0 Å². The Balaban J connectivity index is 2.32. The minimum absolute atomic E-state index is 0.228. The number of hydrogen-bond acceptors (Lipinski definition) is 3. The molecular formula is C13H22O3. The lowest BCUT2D eigenvalue weighted by molar-refractivity contribution is -0.141. The molecule has 1 saturated carbocycles. The summed E-state index contributed by atoms with van der Waals surface area (Å²) in [6.45, 7) is 1.89. The molecule has 0 amide bonds. The van der Waals surface area contributed by atoms with E-state index in [1.165, 1.54) is 39.0 Å². The van der Waals surface area contributed by atoms with E-state index < -0.39 is 0 Å². The van der Waals surface area contributed by atoms with E-state index in [4.69, 9.17) is 4.74 Å². The molecule has 0 aromatic rings. The Bertz CT molecular complexity index is 219. The van der Waals surface area contributed by atoms with Gasteiger partial charge in [0.2, 0.25) is 0 Å². The van der Waals surface area contributed by atoms with Crippen molar-refractivity contribution in [2.45, 2.75) is 51.9 Å². The van der Waals surface area contributed by atoms with Gasteiger partial charge in [0.05, 0.1) is 6.61 Å². The fourth-order valence-corrected chi connectivity index (χ4v) is 2.63. The van der Waals surface area contributed by atoms with Gasteiger partial charge in [-0.3, -0.25) is 4.79 Å². The zero-order chi connectivity index (χ0) is 11.8. The number of rotatable bonds is 6. The van der Waals surface area contributed by atoms with Gasteiger partial charge in [-0.1, -0.05) is 32.1 Å². The minimum atomic E-state index is -0.228. The quantitative estimate of drug-likeness (QED) is 0.516. The van der Waals surface area contributed by atoms with Gasteiger partial charge in [0, 0.05) is 13.3 Å². The first-order valence-corrected chi connectivity index (χ1v) is 6.31. The van der Waals surface area contributed by atoms with Crippen LogP contribution in [0, 0.1) is 11.8 Å². The number of ether oxygens (including phenoxy) is 1. The predicted molar refractivity (Wildman–Crippen MR) is 62.0 cm³/mol. The van der Waals surface area contributed by atoms with Crippen molar-refractivity contribution in [1.82, 2.24) is 0 Å². The second-order valence-corrected chi connectivity index (χ2v) is 4.69. The summed E-state index contributed by atoms with van der Waals surface area (Å²) in [5.41, 5.74) is 0. The van der Waals surface area contributed by atoms with Crippen LogP contribution in [-0.4, -0.2) is 18.9 Å². The van der Waals surface area contributed by atoms with Crippen LogP contribution in [0.15, 0.2) is 0 Å². The van der Waals surface area contributed by atoms with Crippen LogP contribution >= 0.6 is 0 Å². The molecule has 0 aromatic heterocycles. The Kier molecular flexibility index (Phi) is 6.12. The van der Waals surface area contributed by atoms with Gasteiger partial charge in [-0.25, -0.2) is 0 Å². The maximum atomic E-state index is 10.7. The summed E-state index contributed by atoms with van der Waals surface area (Å²) in [6.07, 6.45) is 8.83. The Hall–Kier alpha value is -0.860. The van der Waals surface area contributed by atoms with Crippen LogP contribution in [0.25, 0.3) is 0 Å². The number of carbonyl (C=O) groups excluding carboxylic acids is 2. The molecule has 1 aliphatic rings. The summed E-state index contributed by atoms with van der Waals surface area (Å²) in [5.74, 6) is 0.847. The average Bonchev–Trinajstić information content (AvgIpc) is 2.29. The summed E-state index contributed by atoms with van der Waals surface area (Å²) in [5, 5.41) is 0. The molecule has 3 nitrogen and oxygen atoms in total. The normalized spacial score (nSPS) is 19.1. The van der Waals surface area contributed by atoms with Crippen LogP contribution < -0.4 is 0 Å². The zero-order valence-electron chi connectivity index (χ0n) is 10.1. The van der Waals surface area contributed by atoms with E-state index in [0.29, 0.717) is 24.9 Å². The fraction of sp³-hybridized carbons (Fsp3) is 0.846. The van der Waals surface area contributed by atoms with Crippen molar-refractivity contribution in [2.75, 3.05) is 6.61 Å². The van der Waals surface area contributed by atoms with Crippen molar-refractivity contribution in [3.05, 3.63) is 0 Å². The maximum absolute atomic E-state index is 10.7. The van der Waals surface area contributed by atoms with Gasteiger partial charge in [-0.2, -0.15) is 0 Å². The molecule has 0 spiro atoms. The van der Waals surface area contributed by atoms with E-state index in [0.717, 1.165) is 12.7 Å². The number of carbonyl (C=O) groups is 2. The number of hydrogen-bond donors (Lipinski definition) is 0. The number of esters is 1. The molecule has 0 N–H and O–H groups in total. The van der Waals surface area contributed by atoms with E-state index in [2.05, 4.69) is 0 Å². The molecule has 1 aliphatic carbocycles. The van der Waals surface area contributed by atoms with E-state index in [1.54, 1.807) is 0 Å². The third-order valence-electron chi connectivity index (χ3n) is 3.51. The van der Waals surface area contributed by atoms with Crippen molar-refractivity contribution in [3.63, 3.8) is 0 Å². The zero-order valence-corrected chi connectivity index (χ0v) is 10.1. The molecule has 0 aliphatic heterocycles. The minimum Gasteiger partial charge on any atom is -0.466 e. The van der Waals surface area contributed by atoms with Crippen molar-refractivity contribution in [2.24, 2.45) is 11.8 Å². The monoisotopic (exact) mass is 226 g/mol. The molecule has 92 valence electrons. The van der Waals surface area contributed by atoms with Gasteiger partial charge in [0.1, 0.15) is 6.29 Å². The van der Waals surface area contributed by atoms with Crippen molar-refractivity contribution >= 4 is 12.3 Å². The lowest BCUT2D eigenvalue weighted by Gasteiger charge is -2.29. The van der Waals surface area contributed by atoms with Crippen LogP contribution in [0.1, 0.15) is 51.9 Å². The summed E-state index contributed by atoms with van der Waals surface area (Å²) in [7, 11) is 0. The summed E-state index contributed by atoms with van der Waals surface area (Å²) in [6, 6.07) is 0. The molecule has 3 heteroatoms. The van der Waals surface area contributed by atoms with Gasteiger partial charge in [0.25, 0.3) is 0 Å². The largest absolute Gasteiger partial charge is 0.466 e. The topological polar surface area (TPSA) is 43.4 Å². The van der Waals surface area contributed by atoms with Crippen LogP contribution in [0.3, 0.4) is 0 Å². The smallest absolute Gasteiger partial charge is 0.302 e.